The Morgan fingerprint density at radius 1 is 1.18 bits per heavy atom. The van der Waals surface area contributed by atoms with Gasteiger partial charge >= 0.3 is 0 Å². The van der Waals surface area contributed by atoms with Gasteiger partial charge in [-0.3, -0.25) is 4.98 Å². The molecule has 7 heteroatoms. The first-order valence-corrected chi connectivity index (χ1v) is 7.99. The van der Waals surface area contributed by atoms with Gasteiger partial charge in [0.15, 0.2) is 10.2 Å². The Morgan fingerprint density at radius 3 is 2.82 bits per heavy atom. The minimum absolute atomic E-state index is 0.523. The lowest BCUT2D eigenvalue weighted by Crippen LogP contribution is -2.00. The lowest BCUT2D eigenvalue weighted by atomic mass is 10.3. The maximum absolute atomic E-state index is 6.07. The van der Waals surface area contributed by atoms with Crippen LogP contribution in [-0.4, -0.2) is 9.97 Å². The number of halogens is 2. The zero-order valence-electron chi connectivity index (χ0n) is 11.3. The van der Waals surface area contributed by atoms with Crippen molar-refractivity contribution in [1.82, 2.24) is 9.97 Å². The number of anilines is 1. The summed E-state index contributed by atoms with van der Waals surface area (Å²) in [7, 11) is 0. The van der Waals surface area contributed by atoms with Gasteiger partial charge in [0, 0.05) is 22.3 Å². The fraction of sp³-hybridized carbons (Fsp3) is 0.0667. The highest BCUT2D eigenvalue weighted by molar-refractivity contribution is 7.15. The van der Waals surface area contributed by atoms with Crippen LogP contribution in [0, 0.1) is 0 Å². The summed E-state index contributed by atoms with van der Waals surface area (Å²) in [6.07, 6.45) is 5.09. The van der Waals surface area contributed by atoms with Gasteiger partial charge in [-0.15, -0.1) is 11.3 Å². The van der Waals surface area contributed by atoms with Crippen molar-refractivity contribution in [3.63, 3.8) is 0 Å². The van der Waals surface area contributed by atoms with Crippen molar-refractivity contribution in [1.29, 1.82) is 0 Å². The highest BCUT2D eigenvalue weighted by Crippen LogP contribution is 2.32. The Labute approximate surface area is 141 Å². The normalized spacial score (nSPS) is 10.5. The van der Waals surface area contributed by atoms with Crippen LogP contribution in [0.15, 0.2) is 48.9 Å². The third kappa shape index (κ3) is 3.88. The average molecular weight is 352 g/mol. The minimum atomic E-state index is 0.523. The number of nitrogens with one attached hydrogen (secondary N) is 1. The summed E-state index contributed by atoms with van der Waals surface area (Å²) in [5, 5.41) is 3.91. The van der Waals surface area contributed by atoms with E-state index in [1.54, 1.807) is 24.7 Å². The van der Waals surface area contributed by atoms with Crippen LogP contribution >= 0.6 is 34.5 Å². The molecule has 0 aliphatic carbocycles. The monoisotopic (exact) mass is 351 g/mol. The van der Waals surface area contributed by atoms with E-state index in [1.807, 2.05) is 24.3 Å². The molecular weight excluding hydrogens is 341 g/mol. The maximum Gasteiger partial charge on any atom is 0.183 e. The molecule has 0 amide bonds. The quantitative estimate of drug-likeness (QED) is 0.681. The van der Waals surface area contributed by atoms with E-state index in [-0.39, 0.29) is 0 Å². The predicted octanol–water partition coefficient (Wildman–Crippen LogP) is 5.25. The summed E-state index contributed by atoms with van der Waals surface area (Å²) in [5.74, 6) is 1.33. The van der Waals surface area contributed by atoms with Crippen molar-refractivity contribution in [2.75, 3.05) is 5.32 Å². The van der Waals surface area contributed by atoms with Crippen LogP contribution < -0.4 is 10.1 Å². The van der Waals surface area contributed by atoms with E-state index in [0.29, 0.717) is 27.5 Å². The second-order valence-corrected chi connectivity index (χ2v) is 6.50. The molecule has 0 aliphatic rings. The van der Waals surface area contributed by atoms with E-state index in [9.17, 15) is 0 Å². The molecule has 0 aliphatic heterocycles. The van der Waals surface area contributed by atoms with Gasteiger partial charge in [0.1, 0.15) is 5.75 Å². The number of rotatable bonds is 5. The summed E-state index contributed by atoms with van der Waals surface area (Å²) < 4.78 is 6.36. The van der Waals surface area contributed by atoms with Crippen molar-refractivity contribution >= 4 is 40.2 Å². The van der Waals surface area contributed by atoms with Gasteiger partial charge in [-0.1, -0.05) is 23.2 Å². The zero-order chi connectivity index (χ0) is 15.4. The Balaban J connectivity index is 1.78. The lowest BCUT2D eigenvalue weighted by molar-refractivity contribution is 0.482. The molecule has 0 unspecified atom stereocenters. The molecule has 2 aromatic heterocycles. The van der Waals surface area contributed by atoms with Crippen LogP contribution in [-0.2, 0) is 6.54 Å². The zero-order valence-corrected chi connectivity index (χ0v) is 13.6. The van der Waals surface area contributed by atoms with E-state index in [4.69, 9.17) is 27.9 Å². The fourth-order valence-electron chi connectivity index (χ4n) is 1.81. The number of aromatic nitrogens is 2. The SMILES string of the molecule is Clc1ccc(Oc2cccnc2)c(NCc2cnc(Cl)s2)c1. The number of thiazole rings is 1. The molecule has 3 aromatic rings. The van der Waals surface area contributed by atoms with Crippen LogP contribution in [0.2, 0.25) is 9.49 Å². The first-order chi connectivity index (χ1) is 10.7. The number of nitrogens with zero attached hydrogens (tertiary/aromatic N) is 2. The smallest absolute Gasteiger partial charge is 0.183 e. The van der Waals surface area contributed by atoms with Gasteiger partial charge in [-0.05, 0) is 30.3 Å². The summed E-state index contributed by atoms with van der Waals surface area (Å²) in [6.45, 7) is 0.591. The topological polar surface area (TPSA) is 47.0 Å². The Hall–Kier alpha value is -1.82. The maximum atomic E-state index is 6.07. The molecule has 0 bridgehead atoms. The second-order valence-electron chi connectivity index (χ2n) is 4.36. The van der Waals surface area contributed by atoms with Gasteiger partial charge < -0.3 is 10.1 Å². The predicted molar refractivity (Wildman–Crippen MR) is 90.2 cm³/mol. The number of hydrogen-bond acceptors (Lipinski definition) is 5. The molecule has 4 nitrogen and oxygen atoms in total. The van der Waals surface area contributed by atoms with Gasteiger partial charge in [0.05, 0.1) is 18.4 Å². The molecule has 0 saturated heterocycles. The molecule has 0 fully saturated rings. The molecule has 3 rings (SSSR count). The third-order valence-electron chi connectivity index (χ3n) is 2.78. The number of hydrogen-bond donors (Lipinski definition) is 1. The van der Waals surface area contributed by atoms with E-state index in [0.717, 1.165) is 10.6 Å². The van der Waals surface area contributed by atoms with E-state index < -0.39 is 0 Å². The van der Waals surface area contributed by atoms with Gasteiger partial charge in [0.2, 0.25) is 0 Å². The summed E-state index contributed by atoms with van der Waals surface area (Å²) >= 11 is 13.3. The van der Waals surface area contributed by atoms with Gasteiger partial charge in [0.25, 0.3) is 0 Å². The molecule has 1 N–H and O–H groups in total. The lowest BCUT2D eigenvalue weighted by Gasteiger charge is -2.12. The Kier molecular flexibility index (Phi) is 4.77. The fourth-order valence-corrected chi connectivity index (χ4v) is 2.90. The van der Waals surface area contributed by atoms with Crippen molar-refractivity contribution in [2.45, 2.75) is 6.54 Å². The molecule has 0 spiro atoms. The largest absolute Gasteiger partial charge is 0.454 e. The molecule has 112 valence electrons. The highest BCUT2D eigenvalue weighted by atomic mass is 35.5. The Morgan fingerprint density at radius 2 is 2.09 bits per heavy atom. The number of benzene rings is 1. The van der Waals surface area contributed by atoms with Gasteiger partial charge in [-0.25, -0.2) is 4.98 Å². The number of pyridine rings is 1. The van der Waals surface area contributed by atoms with Crippen molar-refractivity contribution in [3.8, 4) is 11.5 Å². The van der Waals surface area contributed by atoms with Crippen LogP contribution in [0.4, 0.5) is 5.69 Å². The molecule has 1 aromatic carbocycles. The van der Waals surface area contributed by atoms with Crippen molar-refractivity contribution < 1.29 is 4.74 Å². The Bertz CT molecular complexity index is 764. The van der Waals surface area contributed by atoms with Crippen molar-refractivity contribution in [2.24, 2.45) is 0 Å². The van der Waals surface area contributed by atoms with Crippen LogP contribution in [0.1, 0.15) is 4.88 Å². The minimum Gasteiger partial charge on any atom is -0.454 e. The third-order valence-corrected chi connectivity index (χ3v) is 4.13. The molecule has 0 saturated carbocycles. The van der Waals surface area contributed by atoms with E-state index >= 15 is 0 Å². The average Bonchev–Trinajstić information content (AvgIpc) is 2.94. The second kappa shape index (κ2) is 6.96. The molecule has 0 radical (unpaired) electrons. The molecule has 22 heavy (non-hydrogen) atoms. The standard InChI is InChI=1S/C15H11Cl2N3OS/c16-10-3-4-14(21-11-2-1-5-18-7-11)13(6-10)19-8-12-9-20-15(17)22-12/h1-7,9,19H,8H2. The first-order valence-electron chi connectivity index (χ1n) is 6.42. The van der Waals surface area contributed by atoms with E-state index in [2.05, 4.69) is 15.3 Å². The van der Waals surface area contributed by atoms with Crippen LogP contribution in [0.25, 0.3) is 0 Å². The van der Waals surface area contributed by atoms with Crippen LogP contribution in [0.3, 0.4) is 0 Å². The molecule has 2 heterocycles. The number of ether oxygens (including phenoxy) is 1. The molecule has 0 atom stereocenters. The molecular formula is C15H11Cl2N3OS. The summed E-state index contributed by atoms with van der Waals surface area (Å²) in [6, 6.07) is 9.07. The van der Waals surface area contributed by atoms with E-state index in [1.165, 1.54) is 11.3 Å². The van der Waals surface area contributed by atoms with Crippen LogP contribution in [0.5, 0.6) is 11.5 Å². The summed E-state index contributed by atoms with van der Waals surface area (Å²) in [4.78, 5) is 9.07. The van der Waals surface area contributed by atoms with Gasteiger partial charge in [-0.2, -0.15) is 0 Å². The summed E-state index contributed by atoms with van der Waals surface area (Å²) in [5.41, 5.74) is 0.792. The van der Waals surface area contributed by atoms with Crippen molar-refractivity contribution in [3.05, 3.63) is 63.3 Å². The first kappa shape index (κ1) is 15.1. The highest BCUT2D eigenvalue weighted by Gasteiger charge is 2.07.